The number of thiazole rings is 1. The van der Waals surface area contributed by atoms with E-state index in [4.69, 9.17) is 0 Å². The quantitative estimate of drug-likeness (QED) is 0.324. The molecular formula is C13H10N2O7S. The summed E-state index contributed by atoms with van der Waals surface area (Å²) in [5, 5.41) is 41.6. The minimum absolute atomic E-state index is 0.0584. The molecule has 0 fully saturated rings. The van der Waals surface area contributed by atoms with Gasteiger partial charge in [-0.05, 0) is 6.42 Å². The molecule has 10 heteroatoms. The van der Waals surface area contributed by atoms with Crippen LogP contribution in [0.2, 0.25) is 0 Å². The maximum Gasteiger partial charge on any atom is 0.337 e. The molecule has 3 N–H and O–H groups in total. The van der Waals surface area contributed by atoms with Crippen LogP contribution < -0.4 is 0 Å². The molecule has 0 unspecified atom stereocenters. The van der Waals surface area contributed by atoms with Crippen LogP contribution >= 0.6 is 11.3 Å². The molecule has 2 aromatic rings. The Labute approximate surface area is 132 Å². The summed E-state index contributed by atoms with van der Waals surface area (Å²) in [5.74, 6) is -4.70. The van der Waals surface area contributed by atoms with Crippen molar-refractivity contribution in [3.8, 4) is 11.5 Å². The number of aromatic carboxylic acids is 1. The van der Waals surface area contributed by atoms with Crippen molar-refractivity contribution < 1.29 is 29.8 Å². The number of carboxylic acids is 1. The molecule has 0 saturated carbocycles. The molecule has 0 spiro atoms. The van der Waals surface area contributed by atoms with E-state index in [-0.39, 0.29) is 17.0 Å². The monoisotopic (exact) mass is 338 g/mol. The molecule has 0 radical (unpaired) electrons. The lowest BCUT2D eigenvalue weighted by molar-refractivity contribution is -0.386. The van der Waals surface area contributed by atoms with Crippen LogP contribution in [0, 0.1) is 10.1 Å². The highest BCUT2D eigenvalue weighted by Crippen LogP contribution is 2.44. The van der Waals surface area contributed by atoms with Crippen LogP contribution in [-0.2, 0) is 6.42 Å². The number of nitro benzene ring substituents is 1. The lowest BCUT2D eigenvalue weighted by Crippen LogP contribution is -2.15. The smallest absolute Gasteiger partial charge is 0.337 e. The second kappa shape index (κ2) is 6.01. The van der Waals surface area contributed by atoms with Crippen molar-refractivity contribution in [1.82, 2.24) is 4.98 Å². The summed E-state index contributed by atoms with van der Waals surface area (Å²) >= 11 is 0.870. The first kappa shape index (κ1) is 16.4. The number of hydrogen-bond donors (Lipinski definition) is 3. The van der Waals surface area contributed by atoms with Gasteiger partial charge in [0.15, 0.2) is 10.8 Å². The summed E-state index contributed by atoms with van der Waals surface area (Å²) in [7, 11) is 0. The first-order chi connectivity index (χ1) is 10.8. The standard InChI is InChI=1S/C13H10N2O7S/c1-2-5-6(13(19)20)7(10(17)12-14-3-4-23-12)8(15(21)22)11(18)9(5)16/h3-4,16,18H,2H2,1H3,(H,19,20). The van der Waals surface area contributed by atoms with Crippen LogP contribution in [0.1, 0.15) is 38.2 Å². The van der Waals surface area contributed by atoms with Crippen molar-refractivity contribution in [2.45, 2.75) is 13.3 Å². The molecule has 0 bridgehead atoms. The van der Waals surface area contributed by atoms with E-state index in [1.807, 2.05) is 0 Å². The Kier molecular flexibility index (Phi) is 4.27. The number of nitrogens with zero attached hydrogens (tertiary/aromatic N) is 2. The Balaban J connectivity index is 2.96. The van der Waals surface area contributed by atoms with Crippen molar-refractivity contribution in [2.24, 2.45) is 0 Å². The van der Waals surface area contributed by atoms with Gasteiger partial charge >= 0.3 is 11.7 Å². The van der Waals surface area contributed by atoms with Gasteiger partial charge in [0.2, 0.25) is 11.5 Å². The maximum absolute atomic E-state index is 12.5. The van der Waals surface area contributed by atoms with Gasteiger partial charge in [0.25, 0.3) is 0 Å². The molecule has 9 nitrogen and oxygen atoms in total. The van der Waals surface area contributed by atoms with E-state index >= 15 is 0 Å². The Morgan fingerprint density at radius 2 is 1.96 bits per heavy atom. The van der Waals surface area contributed by atoms with Crippen molar-refractivity contribution in [2.75, 3.05) is 0 Å². The predicted molar refractivity (Wildman–Crippen MR) is 78.3 cm³/mol. The number of aromatic hydroxyl groups is 2. The summed E-state index contributed by atoms with van der Waals surface area (Å²) in [6.07, 6.45) is 1.22. The average molecular weight is 338 g/mol. The second-order valence-corrected chi connectivity index (χ2v) is 5.25. The Hall–Kier alpha value is -3.01. The third kappa shape index (κ3) is 2.59. The summed E-state index contributed by atoms with van der Waals surface area (Å²) in [4.78, 5) is 37.8. The largest absolute Gasteiger partial charge is 0.504 e. The number of aromatic nitrogens is 1. The number of nitro groups is 1. The third-order valence-corrected chi connectivity index (χ3v) is 3.90. The molecule has 0 amide bonds. The number of benzene rings is 1. The van der Waals surface area contributed by atoms with E-state index in [9.17, 15) is 35.0 Å². The lowest BCUT2D eigenvalue weighted by atomic mass is 9.93. The van der Waals surface area contributed by atoms with Crippen LogP contribution in [-0.4, -0.2) is 37.0 Å². The number of rotatable bonds is 5. The van der Waals surface area contributed by atoms with E-state index in [1.165, 1.54) is 18.5 Å². The van der Waals surface area contributed by atoms with Gasteiger partial charge in [-0.25, -0.2) is 9.78 Å². The van der Waals surface area contributed by atoms with E-state index < -0.39 is 45.0 Å². The number of carbonyl (C=O) groups is 2. The molecular weight excluding hydrogens is 328 g/mol. The Bertz CT molecular complexity index is 814. The van der Waals surface area contributed by atoms with Crippen molar-refractivity contribution in [3.05, 3.63) is 43.4 Å². The topological polar surface area (TPSA) is 151 Å². The second-order valence-electron chi connectivity index (χ2n) is 4.36. The van der Waals surface area contributed by atoms with Gasteiger partial charge < -0.3 is 15.3 Å². The zero-order valence-corrected chi connectivity index (χ0v) is 12.5. The fourth-order valence-electron chi connectivity index (χ4n) is 2.18. The molecule has 0 atom stereocenters. The minimum atomic E-state index is -1.62. The molecule has 0 aliphatic rings. The van der Waals surface area contributed by atoms with Crippen LogP contribution in [0.15, 0.2) is 11.6 Å². The highest BCUT2D eigenvalue weighted by atomic mass is 32.1. The maximum atomic E-state index is 12.5. The number of carboxylic acid groups (broad SMARTS) is 1. The zero-order chi connectivity index (χ0) is 17.3. The molecule has 2 rings (SSSR count). The predicted octanol–water partition coefficient (Wildman–Crippen LogP) is 1.95. The molecule has 23 heavy (non-hydrogen) atoms. The number of ketones is 1. The zero-order valence-electron chi connectivity index (χ0n) is 11.6. The van der Waals surface area contributed by atoms with Gasteiger partial charge in [0.1, 0.15) is 5.56 Å². The average Bonchev–Trinajstić information content (AvgIpc) is 3.01. The summed E-state index contributed by atoms with van der Waals surface area (Å²) in [6, 6.07) is 0. The van der Waals surface area contributed by atoms with Crippen molar-refractivity contribution >= 4 is 28.8 Å². The highest BCUT2D eigenvalue weighted by molar-refractivity contribution is 7.11. The number of carbonyl (C=O) groups excluding carboxylic acids is 1. The van der Waals surface area contributed by atoms with E-state index in [2.05, 4.69) is 4.98 Å². The molecule has 0 saturated heterocycles. The first-order valence-electron chi connectivity index (χ1n) is 6.23. The van der Waals surface area contributed by atoms with Gasteiger partial charge in [0.05, 0.1) is 10.5 Å². The summed E-state index contributed by atoms with van der Waals surface area (Å²) in [6.45, 7) is 1.48. The molecule has 120 valence electrons. The molecule has 0 aliphatic heterocycles. The number of phenolic OH excluding ortho intramolecular Hbond substituents is 2. The lowest BCUT2D eigenvalue weighted by Gasteiger charge is -2.13. The highest BCUT2D eigenvalue weighted by Gasteiger charge is 2.37. The normalized spacial score (nSPS) is 10.5. The van der Waals surface area contributed by atoms with E-state index in [0.717, 1.165) is 11.3 Å². The third-order valence-electron chi connectivity index (χ3n) is 3.13. The van der Waals surface area contributed by atoms with Crippen LogP contribution in [0.3, 0.4) is 0 Å². The van der Waals surface area contributed by atoms with Gasteiger partial charge in [-0.1, -0.05) is 6.92 Å². The fraction of sp³-hybridized carbons (Fsp3) is 0.154. The van der Waals surface area contributed by atoms with Gasteiger partial charge in [-0.2, -0.15) is 0 Å². The van der Waals surface area contributed by atoms with E-state index in [1.54, 1.807) is 0 Å². The SMILES string of the molecule is CCc1c(O)c(O)c([N+](=O)[O-])c(C(=O)c2nccs2)c1C(=O)O. The molecule has 0 aliphatic carbocycles. The van der Waals surface area contributed by atoms with Crippen molar-refractivity contribution in [3.63, 3.8) is 0 Å². The minimum Gasteiger partial charge on any atom is -0.504 e. The summed E-state index contributed by atoms with van der Waals surface area (Å²) in [5.41, 5.74) is -2.93. The molecule has 1 aromatic heterocycles. The number of phenols is 2. The van der Waals surface area contributed by atoms with Gasteiger partial charge in [-0.3, -0.25) is 14.9 Å². The molecule has 1 aromatic carbocycles. The molecule has 1 heterocycles. The first-order valence-corrected chi connectivity index (χ1v) is 7.11. The fourth-order valence-corrected chi connectivity index (χ4v) is 2.76. The Morgan fingerprint density at radius 3 is 2.39 bits per heavy atom. The van der Waals surface area contributed by atoms with Crippen LogP contribution in [0.25, 0.3) is 0 Å². The van der Waals surface area contributed by atoms with Crippen LogP contribution in [0.5, 0.6) is 11.5 Å². The van der Waals surface area contributed by atoms with E-state index in [0.29, 0.717) is 0 Å². The number of hydrogen-bond acceptors (Lipinski definition) is 8. The van der Waals surface area contributed by atoms with Crippen LogP contribution in [0.4, 0.5) is 5.69 Å². The summed E-state index contributed by atoms with van der Waals surface area (Å²) < 4.78 is 0. The van der Waals surface area contributed by atoms with Crippen molar-refractivity contribution in [1.29, 1.82) is 0 Å². The van der Waals surface area contributed by atoms with Gasteiger partial charge in [-0.15, -0.1) is 11.3 Å². The van der Waals surface area contributed by atoms with Gasteiger partial charge in [0, 0.05) is 17.1 Å². The Morgan fingerprint density at radius 1 is 1.30 bits per heavy atom.